The smallest absolute Gasteiger partial charge is 0.223 e. The van der Waals surface area contributed by atoms with Crippen LogP contribution in [0.5, 0.6) is 0 Å². The normalized spacial score (nSPS) is 10.4. The van der Waals surface area contributed by atoms with Crippen molar-refractivity contribution in [2.24, 2.45) is 0 Å². The number of anilines is 1. The average Bonchev–Trinajstić information content (AvgIpc) is 2.63. The number of aryl methyl sites for hydroxylation is 2. The third kappa shape index (κ3) is 2.67. The highest BCUT2D eigenvalue weighted by Crippen LogP contribution is 2.29. The monoisotopic (exact) mass is 253 g/mol. The zero-order valence-corrected chi connectivity index (χ0v) is 10.8. The maximum atomic E-state index is 4.34. The molecule has 1 N–H and O–H groups in total. The van der Waals surface area contributed by atoms with Gasteiger partial charge in [0.25, 0.3) is 0 Å². The lowest BCUT2D eigenvalue weighted by molar-refractivity contribution is 0.972. The Bertz CT molecular complexity index is 496. The zero-order valence-electron chi connectivity index (χ0n) is 9.18. The van der Waals surface area contributed by atoms with Gasteiger partial charge in [0, 0.05) is 12.7 Å². The van der Waals surface area contributed by atoms with Crippen molar-refractivity contribution in [3.63, 3.8) is 0 Å². The first-order valence-corrected chi connectivity index (χ1v) is 6.32. The maximum Gasteiger partial charge on any atom is 0.223 e. The van der Waals surface area contributed by atoms with E-state index in [9.17, 15) is 0 Å². The minimum absolute atomic E-state index is 0.628. The second kappa shape index (κ2) is 4.75. The van der Waals surface area contributed by atoms with Crippen LogP contribution in [-0.4, -0.2) is 27.2 Å². The first-order chi connectivity index (χ1) is 7.67. The number of hydrogen-bond acceptors (Lipinski definition) is 7. The Labute approximate surface area is 102 Å². The van der Waals surface area contributed by atoms with Gasteiger partial charge in [-0.1, -0.05) is 11.3 Å². The molecule has 0 aliphatic carbocycles. The van der Waals surface area contributed by atoms with Gasteiger partial charge in [-0.3, -0.25) is 0 Å². The van der Waals surface area contributed by atoms with Gasteiger partial charge < -0.3 is 5.32 Å². The van der Waals surface area contributed by atoms with Crippen LogP contribution in [0, 0.1) is 13.8 Å². The van der Waals surface area contributed by atoms with Crippen molar-refractivity contribution < 1.29 is 0 Å². The van der Waals surface area contributed by atoms with Crippen molar-refractivity contribution in [3.8, 4) is 0 Å². The molecule has 5 nitrogen and oxygen atoms in total. The van der Waals surface area contributed by atoms with Crippen LogP contribution in [-0.2, 0) is 0 Å². The third-order valence-electron chi connectivity index (χ3n) is 1.75. The van der Waals surface area contributed by atoms with Crippen molar-refractivity contribution in [1.29, 1.82) is 0 Å². The summed E-state index contributed by atoms with van der Waals surface area (Å²) in [7, 11) is 1.80. The van der Waals surface area contributed by atoms with Gasteiger partial charge in [-0.15, -0.1) is 10.2 Å². The molecule has 0 fully saturated rings. The van der Waals surface area contributed by atoms with Crippen molar-refractivity contribution in [2.45, 2.75) is 23.2 Å². The Morgan fingerprint density at radius 1 is 1.25 bits per heavy atom. The van der Waals surface area contributed by atoms with Crippen molar-refractivity contribution >= 4 is 29.0 Å². The summed E-state index contributed by atoms with van der Waals surface area (Å²) in [4.78, 5) is 8.57. The van der Waals surface area contributed by atoms with Crippen LogP contribution < -0.4 is 5.32 Å². The lowest BCUT2D eigenvalue weighted by atomic mass is 10.5. The molecule has 0 radical (unpaired) electrons. The minimum atomic E-state index is 0.628. The number of rotatable bonds is 3. The molecule has 0 bridgehead atoms. The molecule has 0 atom stereocenters. The fraction of sp³-hybridized carbons (Fsp3) is 0.333. The van der Waals surface area contributed by atoms with Crippen LogP contribution in [0.25, 0.3) is 0 Å². The Morgan fingerprint density at radius 3 is 2.69 bits per heavy atom. The van der Waals surface area contributed by atoms with Gasteiger partial charge in [-0.2, -0.15) is 0 Å². The molecule has 2 rings (SSSR count). The van der Waals surface area contributed by atoms with Crippen molar-refractivity contribution in [3.05, 3.63) is 16.8 Å². The predicted octanol–water partition coefficient (Wildman–Crippen LogP) is 2.14. The molecule has 0 amide bonds. The summed E-state index contributed by atoms with van der Waals surface area (Å²) in [5.41, 5.74) is 0.933. The van der Waals surface area contributed by atoms with Gasteiger partial charge in [0.1, 0.15) is 10.0 Å². The highest BCUT2D eigenvalue weighted by atomic mass is 32.2. The number of nitrogens with zero attached hydrogens (tertiary/aromatic N) is 4. The van der Waals surface area contributed by atoms with Crippen LogP contribution in [0.1, 0.15) is 10.7 Å². The van der Waals surface area contributed by atoms with Gasteiger partial charge >= 0.3 is 0 Å². The van der Waals surface area contributed by atoms with E-state index in [1.165, 1.54) is 11.8 Å². The molecular formula is C9H11N5S2. The van der Waals surface area contributed by atoms with E-state index < -0.39 is 0 Å². The molecule has 2 aromatic heterocycles. The maximum absolute atomic E-state index is 4.34. The van der Waals surface area contributed by atoms with E-state index in [-0.39, 0.29) is 0 Å². The van der Waals surface area contributed by atoms with E-state index in [0.717, 1.165) is 20.1 Å². The fourth-order valence-corrected chi connectivity index (χ4v) is 2.94. The van der Waals surface area contributed by atoms with Gasteiger partial charge in [0.05, 0.1) is 0 Å². The lowest BCUT2D eigenvalue weighted by Crippen LogP contribution is -1.98. The van der Waals surface area contributed by atoms with Crippen molar-refractivity contribution in [1.82, 2.24) is 20.2 Å². The molecule has 0 aliphatic heterocycles. The van der Waals surface area contributed by atoms with Crippen molar-refractivity contribution in [2.75, 3.05) is 12.4 Å². The number of nitrogens with one attached hydrogen (secondary N) is 1. The summed E-state index contributed by atoms with van der Waals surface area (Å²) < 4.78 is 0.901. The molecule has 2 heterocycles. The topological polar surface area (TPSA) is 63.6 Å². The Morgan fingerprint density at radius 2 is 2.06 bits per heavy atom. The summed E-state index contributed by atoms with van der Waals surface area (Å²) in [6.07, 6.45) is 0. The van der Waals surface area contributed by atoms with Crippen LogP contribution >= 0.6 is 23.1 Å². The molecule has 0 spiro atoms. The van der Waals surface area contributed by atoms with E-state index in [1.54, 1.807) is 18.4 Å². The first-order valence-electron chi connectivity index (χ1n) is 4.69. The molecule has 16 heavy (non-hydrogen) atoms. The fourth-order valence-electron chi connectivity index (χ4n) is 1.11. The van der Waals surface area contributed by atoms with Crippen LogP contribution in [0.2, 0.25) is 0 Å². The molecule has 0 saturated heterocycles. The summed E-state index contributed by atoms with van der Waals surface area (Å²) >= 11 is 3.07. The third-order valence-corrected chi connectivity index (χ3v) is 3.56. The Balaban J connectivity index is 2.24. The molecule has 84 valence electrons. The summed E-state index contributed by atoms with van der Waals surface area (Å²) in [5.74, 6) is 0.628. The lowest BCUT2D eigenvalue weighted by Gasteiger charge is -2.02. The summed E-state index contributed by atoms with van der Waals surface area (Å²) in [5, 5.41) is 12.8. The number of hydrogen-bond donors (Lipinski definition) is 1. The van der Waals surface area contributed by atoms with E-state index in [1.807, 2.05) is 19.9 Å². The Hall–Kier alpha value is -1.21. The SMILES string of the molecule is CNc1nc(C)cc(Sc2nnc(C)s2)n1. The first kappa shape index (κ1) is 11.3. The van der Waals surface area contributed by atoms with Gasteiger partial charge in [-0.25, -0.2) is 9.97 Å². The molecule has 0 saturated carbocycles. The standard InChI is InChI=1S/C9H11N5S2/c1-5-4-7(12-8(10-3)11-5)16-9-14-13-6(2)15-9/h4H,1-3H3,(H,10,11,12). The van der Waals surface area contributed by atoms with E-state index >= 15 is 0 Å². The molecule has 0 unspecified atom stereocenters. The molecule has 0 aliphatic rings. The average molecular weight is 253 g/mol. The largest absolute Gasteiger partial charge is 0.357 e. The highest BCUT2D eigenvalue weighted by molar-refractivity contribution is 8.01. The Kier molecular flexibility index (Phi) is 3.35. The molecular weight excluding hydrogens is 242 g/mol. The molecule has 2 aromatic rings. The highest BCUT2D eigenvalue weighted by Gasteiger charge is 2.06. The number of aromatic nitrogens is 4. The van der Waals surface area contributed by atoms with Crippen LogP contribution in [0.4, 0.5) is 5.95 Å². The molecule has 0 aromatic carbocycles. The van der Waals surface area contributed by atoms with Gasteiger partial charge in [-0.05, 0) is 31.7 Å². The molecule has 7 heteroatoms. The zero-order chi connectivity index (χ0) is 11.5. The van der Waals surface area contributed by atoms with E-state index in [2.05, 4.69) is 25.5 Å². The predicted molar refractivity (Wildman–Crippen MR) is 65.1 cm³/mol. The van der Waals surface area contributed by atoms with Crippen LogP contribution in [0.3, 0.4) is 0 Å². The van der Waals surface area contributed by atoms with Gasteiger partial charge in [0.2, 0.25) is 5.95 Å². The van der Waals surface area contributed by atoms with Crippen LogP contribution in [0.15, 0.2) is 15.4 Å². The second-order valence-electron chi connectivity index (χ2n) is 3.11. The second-order valence-corrected chi connectivity index (χ2v) is 5.56. The summed E-state index contributed by atoms with van der Waals surface area (Å²) in [6.45, 7) is 3.88. The minimum Gasteiger partial charge on any atom is -0.357 e. The van der Waals surface area contributed by atoms with E-state index in [4.69, 9.17) is 0 Å². The van der Waals surface area contributed by atoms with Gasteiger partial charge in [0.15, 0.2) is 4.34 Å². The summed E-state index contributed by atoms with van der Waals surface area (Å²) in [6, 6.07) is 1.93. The quantitative estimate of drug-likeness (QED) is 0.845. The van der Waals surface area contributed by atoms with E-state index in [0.29, 0.717) is 5.95 Å².